The minimum Gasteiger partial charge on any atom is -0.481 e. The number of nitrogens with zero attached hydrogens (tertiary/aromatic N) is 1. The van der Waals surface area contributed by atoms with Crippen LogP contribution in [0.25, 0.3) is 0 Å². The van der Waals surface area contributed by atoms with Crippen molar-refractivity contribution in [2.45, 2.75) is 45.8 Å². The number of likely N-dealkylation sites (tertiary alicyclic amines) is 1. The minimum atomic E-state index is -3.02. The molecule has 1 saturated heterocycles. The van der Waals surface area contributed by atoms with Gasteiger partial charge in [-0.15, -0.1) is 0 Å². The fourth-order valence-electron chi connectivity index (χ4n) is 2.51. The van der Waals surface area contributed by atoms with Crippen LogP contribution < -0.4 is 0 Å². The summed E-state index contributed by atoms with van der Waals surface area (Å²) in [4.78, 5) is 13.4. The Labute approximate surface area is 122 Å². The van der Waals surface area contributed by atoms with E-state index in [1.165, 1.54) is 0 Å². The minimum absolute atomic E-state index is 0.0792. The smallest absolute Gasteiger partial charge is 0.309 e. The highest BCUT2D eigenvalue weighted by Gasteiger charge is 2.39. The van der Waals surface area contributed by atoms with E-state index in [0.29, 0.717) is 13.1 Å². The molecule has 0 aliphatic carbocycles. The zero-order valence-corrected chi connectivity index (χ0v) is 13.7. The molecule has 1 aliphatic rings. The lowest BCUT2D eigenvalue weighted by Crippen LogP contribution is -2.46. The van der Waals surface area contributed by atoms with E-state index in [4.69, 9.17) is 0 Å². The molecule has 20 heavy (non-hydrogen) atoms. The van der Waals surface area contributed by atoms with Crippen LogP contribution in [0.3, 0.4) is 0 Å². The molecule has 118 valence electrons. The molecule has 0 bridgehead atoms. The fourth-order valence-corrected chi connectivity index (χ4v) is 3.50. The van der Waals surface area contributed by atoms with Crippen molar-refractivity contribution in [1.29, 1.82) is 0 Å². The molecular weight excluding hydrogens is 278 g/mol. The van der Waals surface area contributed by atoms with E-state index in [0.717, 1.165) is 19.4 Å². The highest BCUT2D eigenvalue weighted by Crippen LogP contribution is 2.34. The first kappa shape index (κ1) is 17.4. The topological polar surface area (TPSA) is 74.7 Å². The lowest BCUT2D eigenvalue weighted by Gasteiger charge is -2.39. The van der Waals surface area contributed by atoms with E-state index < -0.39 is 21.2 Å². The molecule has 0 amide bonds. The van der Waals surface area contributed by atoms with Crippen LogP contribution in [0.1, 0.15) is 40.5 Å². The van der Waals surface area contributed by atoms with Crippen LogP contribution in [-0.2, 0) is 14.6 Å². The molecule has 5 nitrogen and oxygen atoms in total. The number of hydrogen-bond donors (Lipinski definition) is 1. The second-order valence-electron chi connectivity index (χ2n) is 6.58. The van der Waals surface area contributed by atoms with Gasteiger partial charge in [0.1, 0.15) is 0 Å². The quantitative estimate of drug-likeness (QED) is 0.807. The summed E-state index contributed by atoms with van der Waals surface area (Å²) < 4.78 is 23.7. The van der Waals surface area contributed by atoms with Crippen molar-refractivity contribution in [3.05, 3.63) is 0 Å². The number of carboxylic acids is 1. The Morgan fingerprint density at radius 3 is 2.50 bits per heavy atom. The first-order valence-corrected chi connectivity index (χ1v) is 8.96. The molecule has 1 atom stereocenters. The van der Waals surface area contributed by atoms with Crippen molar-refractivity contribution >= 4 is 15.8 Å². The standard InChI is InChI=1S/C14H27NO4S/c1-11(2)20(18,19)9-8-15-7-5-6-12(10-15)14(3,4)13(16)17/h11-12H,5-10H2,1-4H3,(H,16,17). The molecule has 1 unspecified atom stereocenters. The fraction of sp³-hybridized carbons (Fsp3) is 0.929. The van der Waals surface area contributed by atoms with E-state index >= 15 is 0 Å². The number of piperidine rings is 1. The number of aliphatic carboxylic acids is 1. The van der Waals surface area contributed by atoms with E-state index in [1.807, 2.05) is 0 Å². The summed E-state index contributed by atoms with van der Waals surface area (Å²) in [7, 11) is -3.02. The van der Waals surface area contributed by atoms with Gasteiger partial charge in [0.2, 0.25) is 0 Å². The molecule has 0 spiro atoms. The third kappa shape index (κ3) is 4.19. The van der Waals surface area contributed by atoms with Crippen LogP contribution in [0.2, 0.25) is 0 Å². The zero-order valence-electron chi connectivity index (χ0n) is 12.9. The first-order chi connectivity index (χ1) is 9.07. The summed E-state index contributed by atoms with van der Waals surface area (Å²) in [6.45, 7) is 8.95. The van der Waals surface area contributed by atoms with E-state index in [1.54, 1.807) is 27.7 Å². The Morgan fingerprint density at radius 2 is 2.00 bits per heavy atom. The lowest BCUT2D eigenvalue weighted by atomic mass is 9.74. The highest BCUT2D eigenvalue weighted by atomic mass is 32.2. The summed E-state index contributed by atoms with van der Waals surface area (Å²) in [6.07, 6.45) is 1.83. The van der Waals surface area contributed by atoms with Crippen molar-refractivity contribution in [1.82, 2.24) is 4.90 Å². The predicted octanol–water partition coefficient (Wildman–Crippen LogP) is 1.63. The Morgan fingerprint density at radius 1 is 1.40 bits per heavy atom. The Kier molecular flexibility index (Phi) is 5.61. The molecule has 1 heterocycles. The third-order valence-corrected chi connectivity index (χ3v) is 6.68. The first-order valence-electron chi connectivity index (χ1n) is 7.24. The van der Waals surface area contributed by atoms with Crippen molar-refractivity contribution in [2.75, 3.05) is 25.4 Å². The normalized spacial score (nSPS) is 22.1. The van der Waals surface area contributed by atoms with Gasteiger partial charge in [0.15, 0.2) is 9.84 Å². The Hall–Kier alpha value is -0.620. The average Bonchev–Trinajstić information content (AvgIpc) is 2.36. The summed E-state index contributed by atoms with van der Waals surface area (Å²) in [5.41, 5.74) is -0.754. The maximum atomic E-state index is 11.8. The molecule has 1 N–H and O–H groups in total. The van der Waals surface area contributed by atoms with Crippen LogP contribution in [0.4, 0.5) is 0 Å². The summed E-state index contributed by atoms with van der Waals surface area (Å²) in [5, 5.41) is 8.95. The third-order valence-electron chi connectivity index (χ3n) is 4.49. The molecule has 1 rings (SSSR count). The van der Waals surface area contributed by atoms with Crippen LogP contribution in [0.15, 0.2) is 0 Å². The molecule has 0 aromatic heterocycles. The molecular formula is C14H27NO4S. The van der Waals surface area contributed by atoms with Crippen molar-refractivity contribution in [2.24, 2.45) is 11.3 Å². The average molecular weight is 305 g/mol. The van der Waals surface area contributed by atoms with Crippen molar-refractivity contribution < 1.29 is 18.3 Å². The van der Waals surface area contributed by atoms with Gasteiger partial charge in [0.05, 0.1) is 16.4 Å². The molecule has 6 heteroatoms. The predicted molar refractivity (Wildman–Crippen MR) is 79.5 cm³/mol. The highest BCUT2D eigenvalue weighted by molar-refractivity contribution is 7.92. The number of carboxylic acid groups (broad SMARTS) is 1. The lowest BCUT2D eigenvalue weighted by molar-refractivity contribution is -0.151. The molecule has 1 aliphatic heterocycles. The largest absolute Gasteiger partial charge is 0.481 e. The number of rotatable bonds is 6. The number of carbonyl (C=O) groups is 1. The molecule has 0 radical (unpaired) electrons. The summed E-state index contributed by atoms with van der Waals surface area (Å²) >= 11 is 0. The van der Waals surface area contributed by atoms with Gasteiger partial charge in [-0.05, 0) is 53.0 Å². The summed E-state index contributed by atoms with van der Waals surface area (Å²) in [6, 6.07) is 0. The van der Waals surface area contributed by atoms with E-state index in [2.05, 4.69) is 4.90 Å². The number of sulfone groups is 1. The van der Waals surface area contributed by atoms with Crippen LogP contribution in [0.5, 0.6) is 0 Å². The van der Waals surface area contributed by atoms with Crippen LogP contribution >= 0.6 is 0 Å². The van der Waals surface area contributed by atoms with Gasteiger partial charge in [-0.3, -0.25) is 4.79 Å². The van der Waals surface area contributed by atoms with Gasteiger partial charge in [-0.1, -0.05) is 0 Å². The monoisotopic (exact) mass is 305 g/mol. The second kappa shape index (κ2) is 6.43. The van der Waals surface area contributed by atoms with Crippen LogP contribution in [0, 0.1) is 11.3 Å². The molecule has 0 aromatic carbocycles. The SMILES string of the molecule is CC(C)S(=O)(=O)CCN1CCCC(C(C)(C)C(=O)O)C1. The van der Waals surface area contributed by atoms with Crippen molar-refractivity contribution in [3.8, 4) is 0 Å². The van der Waals surface area contributed by atoms with Gasteiger partial charge in [-0.25, -0.2) is 8.42 Å². The Balaban J connectivity index is 2.61. The van der Waals surface area contributed by atoms with E-state index in [9.17, 15) is 18.3 Å². The van der Waals surface area contributed by atoms with Gasteiger partial charge in [0.25, 0.3) is 0 Å². The molecule has 0 aromatic rings. The maximum absolute atomic E-state index is 11.8. The second-order valence-corrected chi connectivity index (χ2v) is 9.26. The maximum Gasteiger partial charge on any atom is 0.309 e. The van der Waals surface area contributed by atoms with E-state index in [-0.39, 0.29) is 16.9 Å². The van der Waals surface area contributed by atoms with Crippen molar-refractivity contribution in [3.63, 3.8) is 0 Å². The van der Waals surface area contributed by atoms with Crippen LogP contribution in [-0.4, -0.2) is 55.0 Å². The summed E-state index contributed by atoms with van der Waals surface area (Å²) in [5.74, 6) is -0.542. The number of hydrogen-bond acceptors (Lipinski definition) is 4. The molecule has 1 fully saturated rings. The Bertz CT molecular complexity index is 442. The van der Waals surface area contributed by atoms with Gasteiger partial charge < -0.3 is 10.0 Å². The zero-order chi connectivity index (χ0) is 15.6. The molecule has 0 saturated carbocycles. The van der Waals surface area contributed by atoms with Gasteiger partial charge >= 0.3 is 5.97 Å². The van der Waals surface area contributed by atoms with Gasteiger partial charge in [0, 0.05) is 13.1 Å². The van der Waals surface area contributed by atoms with Gasteiger partial charge in [-0.2, -0.15) is 0 Å².